The second kappa shape index (κ2) is 2.74. The average molecular weight is 157 g/mol. The molecule has 0 saturated carbocycles. The zero-order chi connectivity index (χ0) is 8.39. The SMILES string of the molecule is C=Cc1n[nH+]cc2ccccc12. The minimum atomic E-state index is 0.896. The monoisotopic (exact) mass is 157 g/mol. The summed E-state index contributed by atoms with van der Waals surface area (Å²) in [5.74, 6) is 0. The lowest BCUT2D eigenvalue weighted by atomic mass is 10.1. The summed E-state index contributed by atoms with van der Waals surface area (Å²) in [4.78, 5) is 0. The first-order chi connectivity index (χ1) is 5.92. The lowest BCUT2D eigenvalue weighted by Crippen LogP contribution is -2.08. The topological polar surface area (TPSA) is 27.0 Å². The molecule has 0 bridgehead atoms. The Morgan fingerprint density at radius 2 is 2.17 bits per heavy atom. The van der Waals surface area contributed by atoms with E-state index in [1.165, 1.54) is 0 Å². The number of aromatic amines is 1. The van der Waals surface area contributed by atoms with E-state index < -0.39 is 0 Å². The highest BCUT2D eigenvalue weighted by Gasteiger charge is 2.00. The maximum Gasteiger partial charge on any atom is 0.201 e. The Labute approximate surface area is 70.6 Å². The summed E-state index contributed by atoms with van der Waals surface area (Å²) >= 11 is 0. The van der Waals surface area contributed by atoms with E-state index in [4.69, 9.17) is 0 Å². The zero-order valence-corrected chi connectivity index (χ0v) is 6.62. The number of nitrogens with one attached hydrogen (secondary N) is 1. The summed E-state index contributed by atoms with van der Waals surface area (Å²) in [6, 6.07) is 8.08. The molecule has 1 aromatic heterocycles. The van der Waals surface area contributed by atoms with Gasteiger partial charge in [0.2, 0.25) is 6.20 Å². The summed E-state index contributed by atoms with van der Waals surface area (Å²) in [7, 11) is 0. The van der Waals surface area contributed by atoms with Crippen LogP contribution >= 0.6 is 0 Å². The molecule has 1 heterocycles. The summed E-state index contributed by atoms with van der Waals surface area (Å²) < 4.78 is 0. The molecule has 1 N–H and O–H groups in total. The Hall–Kier alpha value is -1.70. The number of hydrogen-bond acceptors (Lipinski definition) is 1. The van der Waals surface area contributed by atoms with Gasteiger partial charge in [0, 0.05) is 5.39 Å². The smallest absolute Gasteiger partial charge is 0.105 e. The third-order valence-corrected chi connectivity index (χ3v) is 1.84. The maximum atomic E-state index is 4.08. The molecule has 12 heavy (non-hydrogen) atoms. The van der Waals surface area contributed by atoms with Crippen molar-refractivity contribution in [2.24, 2.45) is 0 Å². The summed E-state index contributed by atoms with van der Waals surface area (Å²) in [5, 5.41) is 9.20. The van der Waals surface area contributed by atoms with Gasteiger partial charge in [0.1, 0.15) is 5.69 Å². The highest BCUT2D eigenvalue weighted by Crippen LogP contribution is 2.13. The van der Waals surface area contributed by atoms with Gasteiger partial charge in [-0.05, 0) is 17.2 Å². The third kappa shape index (κ3) is 0.975. The van der Waals surface area contributed by atoms with Gasteiger partial charge in [-0.1, -0.05) is 24.8 Å². The van der Waals surface area contributed by atoms with Crippen LogP contribution in [-0.4, -0.2) is 5.10 Å². The van der Waals surface area contributed by atoms with Gasteiger partial charge in [-0.3, -0.25) is 0 Å². The molecular formula is C10H9N2+. The van der Waals surface area contributed by atoms with Crippen molar-refractivity contribution in [3.8, 4) is 0 Å². The molecular weight excluding hydrogens is 148 g/mol. The van der Waals surface area contributed by atoms with Crippen LogP contribution in [0.15, 0.2) is 37.0 Å². The fourth-order valence-corrected chi connectivity index (χ4v) is 1.24. The summed E-state index contributed by atoms with van der Waals surface area (Å²) in [6.07, 6.45) is 3.63. The highest BCUT2D eigenvalue weighted by atomic mass is 15.1. The molecule has 2 rings (SSSR count). The fourth-order valence-electron chi connectivity index (χ4n) is 1.24. The lowest BCUT2D eigenvalue weighted by Gasteiger charge is -1.93. The van der Waals surface area contributed by atoms with Gasteiger partial charge in [-0.2, -0.15) is 0 Å². The molecule has 0 aliphatic heterocycles. The van der Waals surface area contributed by atoms with Crippen molar-refractivity contribution < 1.29 is 5.10 Å². The first-order valence-corrected chi connectivity index (χ1v) is 3.80. The number of benzene rings is 1. The molecule has 0 aliphatic rings. The fraction of sp³-hybridized carbons (Fsp3) is 0. The number of fused-ring (bicyclic) bond motifs is 1. The van der Waals surface area contributed by atoms with Crippen molar-refractivity contribution in [1.29, 1.82) is 0 Å². The van der Waals surface area contributed by atoms with Crippen LogP contribution < -0.4 is 5.10 Å². The van der Waals surface area contributed by atoms with E-state index in [9.17, 15) is 0 Å². The zero-order valence-electron chi connectivity index (χ0n) is 6.62. The second-order valence-electron chi connectivity index (χ2n) is 2.56. The van der Waals surface area contributed by atoms with Crippen molar-refractivity contribution in [2.45, 2.75) is 0 Å². The van der Waals surface area contributed by atoms with E-state index in [0.29, 0.717) is 0 Å². The predicted octanol–water partition coefficient (Wildman–Crippen LogP) is 1.69. The van der Waals surface area contributed by atoms with Gasteiger partial charge >= 0.3 is 0 Å². The average Bonchev–Trinajstić information content (AvgIpc) is 2.17. The molecule has 0 aliphatic carbocycles. The Morgan fingerprint density at radius 3 is 3.00 bits per heavy atom. The van der Waals surface area contributed by atoms with Crippen LogP contribution in [0.3, 0.4) is 0 Å². The molecule has 58 valence electrons. The van der Waals surface area contributed by atoms with Crippen LogP contribution in [0.2, 0.25) is 0 Å². The Bertz CT molecular complexity index is 416. The number of aromatic nitrogens is 2. The first kappa shape index (κ1) is 6.98. The number of nitrogens with zero attached hydrogens (tertiary/aromatic N) is 1. The standard InChI is InChI=1S/C10H8N2/c1-2-10-9-6-4-3-5-8(9)7-11-12-10/h2-7H,1H2/p+1. The van der Waals surface area contributed by atoms with Gasteiger partial charge in [0.15, 0.2) is 0 Å². The molecule has 2 nitrogen and oxygen atoms in total. The second-order valence-corrected chi connectivity index (χ2v) is 2.56. The van der Waals surface area contributed by atoms with Crippen LogP contribution in [0, 0.1) is 0 Å². The Balaban J connectivity index is 2.88. The van der Waals surface area contributed by atoms with Crippen molar-refractivity contribution in [2.75, 3.05) is 0 Å². The van der Waals surface area contributed by atoms with Crippen molar-refractivity contribution in [3.63, 3.8) is 0 Å². The minimum Gasteiger partial charge on any atom is -0.105 e. The van der Waals surface area contributed by atoms with E-state index in [1.54, 1.807) is 6.08 Å². The lowest BCUT2D eigenvalue weighted by molar-refractivity contribution is -0.453. The molecule has 1 aromatic carbocycles. The van der Waals surface area contributed by atoms with Crippen LogP contribution in [0.5, 0.6) is 0 Å². The van der Waals surface area contributed by atoms with Gasteiger partial charge in [0.25, 0.3) is 0 Å². The molecule has 0 atom stereocenters. The van der Waals surface area contributed by atoms with Crippen LogP contribution in [-0.2, 0) is 0 Å². The van der Waals surface area contributed by atoms with Gasteiger partial charge in [0.05, 0.1) is 5.39 Å². The summed E-state index contributed by atoms with van der Waals surface area (Å²) in [6.45, 7) is 3.70. The minimum absolute atomic E-state index is 0.896. The normalized spacial score (nSPS) is 10.0. The van der Waals surface area contributed by atoms with E-state index in [0.717, 1.165) is 16.5 Å². The quantitative estimate of drug-likeness (QED) is 0.618. The molecule has 0 unspecified atom stereocenters. The van der Waals surface area contributed by atoms with Crippen molar-refractivity contribution >= 4 is 16.8 Å². The molecule has 0 amide bonds. The van der Waals surface area contributed by atoms with E-state index >= 15 is 0 Å². The van der Waals surface area contributed by atoms with Crippen LogP contribution in [0.1, 0.15) is 5.69 Å². The predicted molar refractivity (Wildman–Crippen MR) is 48.4 cm³/mol. The third-order valence-electron chi connectivity index (χ3n) is 1.84. The first-order valence-electron chi connectivity index (χ1n) is 3.80. The molecule has 0 saturated heterocycles. The highest BCUT2D eigenvalue weighted by molar-refractivity contribution is 5.87. The van der Waals surface area contributed by atoms with E-state index in [1.807, 2.05) is 30.5 Å². The number of hydrogen-bond donors (Lipinski definition) is 0. The molecule has 2 heteroatoms. The Morgan fingerprint density at radius 1 is 1.33 bits per heavy atom. The molecule has 0 radical (unpaired) electrons. The largest absolute Gasteiger partial charge is 0.201 e. The maximum absolute atomic E-state index is 4.08. The summed E-state index contributed by atoms with van der Waals surface area (Å²) in [5.41, 5.74) is 0.896. The van der Waals surface area contributed by atoms with Crippen molar-refractivity contribution in [3.05, 3.63) is 42.7 Å². The van der Waals surface area contributed by atoms with Gasteiger partial charge in [-0.15, -0.1) is 5.10 Å². The number of H-pyrrole nitrogens is 1. The molecule has 0 spiro atoms. The molecule has 2 aromatic rings. The molecule has 0 fully saturated rings. The van der Waals surface area contributed by atoms with E-state index in [2.05, 4.69) is 16.8 Å². The Kier molecular flexibility index (Phi) is 1.59. The van der Waals surface area contributed by atoms with E-state index in [-0.39, 0.29) is 0 Å². The van der Waals surface area contributed by atoms with Crippen LogP contribution in [0.25, 0.3) is 16.8 Å². The number of rotatable bonds is 1. The van der Waals surface area contributed by atoms with Crippen LogP contribution in [0.4, 0.5) is 0 Å². The van der Waals surface area contributed by atoms with Gasteiger partial charge in [-0.25, -0.2) is 0 Å². The van der Waals surface area contributed by atoms with Crippen molar-refractivity contribution in [1.82, 2.24) is 5.10 Å². The van der Waals surface area contributed by atoms with Gasteiger partial charge < -0.3 is 0 Å².